The molecule has 0 aromatic heterocycles. The van der Waals surface area contributed by atoms with Gasteiger partial charge in [0.05, 0.1) is 19.6 Å². The van der Waals surface area contributed by atoms with Crippen LogP contribution in [0.15, 0.2) is 16.6 Å². The third-order valence-electron chi connectivity index (χ3n) is 4.26. The quantitative estimate of drug-likeness (QED) is 0.675. The molecule has 0 aliphatic carbocycles. The minimum atomic E-state index is 0.0318. The predicted molar refractivity (Wildman–Crippen MR) is 103 cm³/mol. The summed E-state index contributed by atoms with van der Waals surface area (Å²) in [5, 5.41) is 3.02. The number of hydrogen-bond acceptors (Lipinski definition) is 4. The SMILES string of the molecule is CCOc1cc(Br)c(CC(=O)NCCN2CCCCC2)cc1OCC. The van der Waals surface area contributed by atoms with E-state index in [0.29, 0.717) is 37.7 Å². The van der Waals surface area contributed by atoms with Crippen LogP contribution in [0.3, 0.4) is 0 Å². The first kappa shape index (κ1) is 20.0. The fourth-order valence-corrected chi connectivity index (χ4v) is 3.48. The van der Waals surface area contributed by atoms with Gasteiger partial charge in [-0.25, -0.2) is 0 Å². The van der Waals surface area contributed by atoms with E-state index in [-0.39, 0.29) is 5.91 Å². The van der Waals surface area contributed by atoms with Gasteiger partial charge < -0.3 is 19.7 Å². The van der Waals surface area contributed by atoms with Gasteiger partial charge in [0.15, 0.2) is 11.5 Å². The normalized spacial score (nSPS) is 15.0. The summed E-state index contributed by atoms with van der Waals surface area (Å²) >= 11 is 3.54. The number of hydrogen-bond donors (Lipinski definition) is 1. The summed E-state index contributed by atoms with van der Waals surface area (Å²) in [4.78, 5) is 14.7. The van der Waals surface area contributed by atoms with Crippen LogP contribution in [0.25, 0.3) is 0 Å². The van der Waals surface area contributed by atoms with Gasteiger partial charge in [0, 0.05) is 17.6 Å². The number of amides is 1. The van der Waals surface area contributed by atoms with Gasteiger partial charge in [-0.2, -0.15) is 0 Å². The van der Waals surface area contributed by atoms with E-state index in [4.69, 9.17) is 9.47 Å². The van der Waals surface area contributed by atoms with Crippen LogP contribution < -0.4 is 14.8 Å². The lowest BCUT2D eigenvalue weighted by molar-refractivity contribution is -0.120. The van der Waals surface area contributed by atoms with Crippen molar-refractivity contribution in [3.63, 3.8) is 0 Å². The summed E-state index contributed by atoms with van der Waals surface area (Å²) < 4.78 is 12.1. The Balaban J connectivity index is 1.89. The second-order valence-corrected chi connectivity index (χ2v) is 7.04. The van der Waals surface area contributed by atoms with E-state index >= 15 is 0 Å². The molecule has 1 amide bonds. The van der Waals surface area contributed by atoms with Crippen LogP contribution in [0.2, 0.25) is 0 Å². The second kappa shape index (κ2) is 10.7. The Kier molecular flexibility index (Phi) is 8.55. The van der Waals surface area contributed by atoms with Crippen molar-refractivity contribution >= 4 is 21.8 Å². The lowest BCUT2D eigenvalue weighted by Crippen LogP contribution is -2.38. The molecule has 0 radical (unpaired) electrons. The van der Waals surface area contributed by atoms with E-state index in [1.165, 1.54) is 19.3 Å². The standard InChI is InChI=1S/C19H29BrN2O3/c1-3-24-17-12-15(16(20)14-18(17)25-4-2)13-19(23)21-8-11-22-9-6-5-7-10-22/h12,14H,3-11,13H2,1-2H3,(H,21,23). The van der Waals surface area contributed by atoms with Gasteiger partial charge in [-0.3, -0.25) is 4.79 Å². The van der Waals surface area contributed by atoms with Crippen LogP contribution in [0.5, 0.6) is 11.5 Å². The number of rotatable bonds is 9. The van der Waals surface area contributed by atoms with E-state index in [1.54, 1.807) is 0 Å². The first-order valence-electron chi connectivity index (χ1n) is 9.21. The highest BCUT2D eigenvalue weighted by atomic mass is 79.9. The molecule has 5 nitrogen and oxygen atoms in total. The van der Waals surface area contributed by atoms with Crippen molar-refractivity contribution in [1.82, 2.24) is 10.2 Å². The molecule has 1 heterocycles. The summed E-state index contributed by atoms with van der Waals surface area (Å²) in [6, 6.07) is 3.77. The molecule has 2 rings (SSSR count). The van der Waals surface area contributed by atoms with Crippen LogP contribution in [0.4, 0.5) is 0 Å². The van der Waals surface area contributed by atoms with Crippen molar-refractivity contribution in [2.45, 2.75) is 39.5 Å². The third kappa shape index (κ3) is 6.51. The van der Waals surface area contributed by atoms with Gasteiger partial charge in [-0.1, -0.05) is 22.4 Å². The smallest absolute Gasteiger partial charge is 0.224 e. The number of benzene rings is 1. The Hall–Kier alpha value is -1.27. The van der Waals surface area contributed by atoms with Crippen molar-refractivity contribution in [2.75, 3.05) is 39.4 Å². The van der Waals surface area contributed by atoms with Crippen molar-refractivity contribution in [3.8, 4) is 11.5 Å². The first-order chi connectivity index (χ1) is 12.1. The van der Waals surface area contributed by atoms with E-state index in [0.717, 1.165) is 29.7 Å². The lowest BCUT2D eigenvalue weighted by Gasteiger charge is -2.26. The fourth-order valence-electron chi connectivity index (χ4n) is 3.02. The minimum absolute atomic E-state index is 0.0318. The molecule has 0 bridgehead atoms. The molecule has 1 aromatic rings. The Morgan fingerprint density at radius 3 is 2.40 bits per heavy atom. The molecule has 0 unspecified atom stereocenters. The number of carbonyl (C=O) groups excluding carboxylic acids is 1. The average molecular weight is 413 g/mol. The predicted octanol–water partition coefficient (Wildman–Crippen LogP) is 3.39. The van der Waals surface area contributed by atoms with E-state index in [9.17, 15) is 4.79 Å². The maximum atomic E-state index is 12.3. The monoisotopic (exact) mass is 412 g/mol. The second-order valence-electron chi connectivity index (χ2n) is 6.19. The van der Waals surface area contributed by atoms with Gasteiger partial charge >= 0.3 is 0 Å². The van der Waals surface area contributed by atoms with Crippen LogP contribution >= 0.6 is 15.9 Å². The molecule has 140 valence electrons. The molecule has 1 saturated heterocycles. The number of nitrogens with zero attached hydrogens (tertiary/aromatic N) is 1. The first-order valence-corrected chi connectivity index (χ1v) is 10.00. The molecule has 6 heteroatoms. The largest absolute Gasteiger partial charge is 0.490 e. The Bertz CT molecular complexity index is 560. The molecule has 0 atom stereocenters. The maximum Gasteiger partial charge on any atom is 0.224 e. The third-order valence-corrected chi connectivity index (χ3v) is 5.00. The van der Waals surface area contributed by atoms with Crippen LogP contribution in [0, 0.1) is 0 Å². The lowest BCUT2D eigenvalue weighted by atomic mass is 10.1. The average Bonchev–Trinajstić information content (AvgIpc) is 2.60. The molecular weight excluding hydrogens is 384 g/mol. The topological polar surface area (TPSA) is 50.8 Å². The highest BCUT2D eigenvalue weighted by Gasteiger charge is 2.14. The van der Waals surface area contributed by atoms with E-state index in [2.05, 4.69) is 26.1 Å². The van der Waals surface area contributed by atoms with Gasteiger partial charge in [0.1, 0.15) is 0 Å². The zero-order valence-electron chi connectivity index (χ0n) is 15.3. The molecular formula is C19H29BrN2O3. The van der Waals surface area contributed by atoms with Crippen LogP contribution in [0.1, 0.15) is 38.7 Å². The van der Waals surface area contributed by atoms with Gasteiger partial charge in [-0.15, -0.1) is 0 Å². The Labute approximate surface area is 159 Å². The van der Waals surface area contributed by atoms with Gasteiger partial charge in [0.2, 0.25) is 5.91 Å². The molecule has 0 saturated carbocycles. The molecule has 1 N–H and O–H groups in total. The summed E-state index contributed by atoms with van der Waals surface area (Å²) in [5.74, 6) is 1.42. The number of likely N-dealkylation sites (tertiary alicyclic amines) is 1. The summed E-state index contributed by atoms with van der Waals surface area (Å²) in [7, 11) is 0. The fraction of sp³-hybridized carbons (Fsp3) is 0.632. The van der Waals surface area contributed by atoms with Crippen molar-refractivity contribution in [1.29, 1.82) is 0 Å². The summed E-state index contributed by atoms with van der Waals surface area (Å²) in [5.41, 5.74) is 0.905. The van der Waals surface area contributed by atoms with E-state index < -0.39 is 0 Å². The zero-order chi connectivity index (χ0) is 18.1. The molecule has 1 aliphatic heterocycles. The zero-order valence-corrected chi connectivity index (χ0v) is 16.9. The van der Waals surface area contributed by atoms with Crippen LogP contribution in [-0.2, 0) is 11.2 Å². The Morgan fingerprint density at radius 1 is 1.12 bits per heavy atom. The van der Waals surface area contributed by atoms with Crippen molar-refractivity contribution in [3.05, 3.63) is 22.2 Å². The highest BCUT2D eigenvalue weighted by molar-refractivity contribution is 9.10. The van der Waals surface area contributed by atoms with Crippen molar-refractivity contribution in [2.24, 2.45) is 0 Å². The molecule has 25 heavy (non-hydrogen) atoms. The van der Waals surface area contributed by atoms with Crippen LogP contribution in [-0.4, -0.2) is 50.2 Å². The molecule has 1 aliphatic rings. The van der Waals surface area contributed by atoms with Gasteiger partial charge in [0.25, 0.3) is 0 Å². The number of halogens is 1. The van der Waals surface area contributed by atoms with Crippen molar-refractivity contribution < 1.29 is 14.3 Å². The maximum absolute atomic E-state index is 12.3. The highest BCUT2D eigenvalue weighted by Crippen LogP contribution is 2.34. The summed E-state index contributed by atoms with van der Waals surface area (Å²) in [6.45, 7) is 8.94. The van der Waals surface area contributed by atoms with Gasteiger partial charge in [-0.05, 0) is 57.5 Å². The van der Waals surface area contributed by atoms with E-state index in [1.807, 2.05) is 26.0 Å². The Morgan fingerprint density at radius 2 is 1.76 bits per heavy atom. The molecule has 1 aromatic carbocycles. The molecule has 1 fully saturated rings. The number of piperidine rings is 1. The number of ether oxygens (including phenoxy) is 2. The minimum Gasteiger partial charge on any atom is -0.490 e. The molecule has 0 spiro atoms. The number of nitrogens with one attached hydrogen (secondary N) is 1. The number of carbonyl (C=O) groups is 1. The summed E-state index contributed by atoms with van der Waals surface area (Å²) in [6.07, 6.45) is 4.20.